The van der Waals surface area contributed by atoms with E-state index in [0.29, 0.717) is 13.0 Å². The zero-order valence-electron chi connectivity index (χ0n) is 15.2. The molecule has 5 nitrogen and oxygen atoms in total. The van der Waals surface area contributed by atoms with Gasteiger partial charge in [-0.2, -0.15) is 0 Å². The van der Waals surface area contributed by atoms with Crippen LogP contribution in [0.3, 0.4) is 0 Å². The molecule has 2 aromatic rings. The van der Waals surface area contributed by atoms with E-state index in [1.54, 1.807) is 7.11 Å². The van der Waals surface area contributed by atoms with Gasteiger partial charge in [0.2, 0.25) is 11.8 Å². The van der Waals surface area contributed by atoms with Gasteiger partial charge in [0.15, 0.2) is 17.5 Å². The molecule has 2 aromatic carbocycles. The smallest absolute Gasteiger partial charge is 0.227 e. The van der Waals surface area contributed by atoms with Crippen molar-refractivity contribution in [1.29, 1.82) is 0 Å². The molecule has 0 aliphatic carbocycles. The molecule has 1 atom stereocenters. The number of anilines is 1. The normalized spacial score (nSPS) is 16.4. The summed E-state index contributed by atoms with van der Waals surface area (Å²) < 4.78 is 45.6. The second-order valence-corrected chi connectivity index (χ2v) is 6.49. The van der Waals surface area contributed by atoms with E-state index in [-0.39, 0.29) is 24.6 Å². The Morgan fingerprint density at radius 2 is 2.00 bits per heavy atom. The fourth-order valence-electron chi connectivity index (χ4n) is 3.14. The van der Waals surface area contributed by atoms with Crippen LogP contribution in [0.1, 0.15) is 12.0 Å². The van der Waals surface area contributed by atoms with Gasteiger partial charge in [0.1, 0.15) is 5.75 Å². The van der Waals surface area contributed by atoms with Crippen LogP contribution in [0.4, 0.5) is 18.9 Å². The van der Waals surface area contributed by atoms with Crippen LogP contribution in [-0.2, 0) is 16.0 Å². The highest BCUT2D eigenvalue weighted by atomic mass is 19.2. The number of nitrogens with one attached hydrogen (secondary N) is 1. The molecular formula is C20H19F3N2O3. The lowest BCUT2D eigenvalue weighted by Crippen LogP contribution is -2.34. The zero-order valence-corrected chi connectivity index (χ0v) is 15.2. The summed E-state index contributed by atoms with van der Waals surface area (Å²) in [7, 11) is 1.57. The number of amides is 2. The maximum atomic E-state index is 13.9. The fourth-order valence-corrected chi connectivity index (χ4v) is 3.14. The molecule has 1 saturated heterocycles. The average Bonchev–Trinajstić information content (AvgIpc) is 3.08. The van der Waals surface area contributed by atoms with Crippen molar-refractivity contribution in [3.63, 3.8) is 0 Å². The van der Waals surface area contributed by atoms with Crippen molar-refractivity contribution in [3.05, 3.63) is 59.4 Å². The van der Waals surface area contributed by atoms with E-state index in [0.717, 1.165) is 28.3 Å². The summed E-state index contributed by atoms with van der Waals surface area (Å²) in [4.78, 5) is 25.5. The van der Waals surface area contributed by atoms with E-state index in [4.69, 9.17) is 4.74 Å². The third-order valence-electron chi connectivity index (χ3n) is 4.65. The molecule has 0 radical (unpaired) electrons. The third kappa shape index (κ3) is 4.11. The Balaban J connectivity index is 1.58. The number of rotatable bonds is 6. The Morgan fingerprint density at radius 1 is 1.21 bits per heavy atom. The number of halogens is 3. The SMILES string of the molecule is COc1cccc(CCNC(=O)C2CC(=O)N(c3ccc(F)c(F)c3F)C2)c1. The van der Waals surface area contributed by atoms with Crippen molar-refractivity contribution >= 4 is 17.5 Å². The minimum atomic E-state index is -1.64. The van der Waals surface area contributed by atoms with Gasteiger partial charge in [-0.3, -0.25) is 9.59 Å². The number of carbonyl (C=O) groups excluding carboxylic acids is 2. The van der Waals surface area contributed by atoms with E-state index in [1.807, 2.05) is 24.3 Å². The van der Waals surface area contributed by atoms with Gasteiger partial charge < -0.3 is 15.0 Å². The molecule has 3 rings (SSSR count). The summed E-state index contributed by atoms with van der Waals surface area (Å²) in [5.74, 6) is -5.25. The molecule has 2 amide bonds. The molecule has 1 aliphatic rings. The minimum absolute atomic E-state index is 0.0914. The highest BCUT2D eigenvalue weighted by Gasteiger charge is 2.36. The Kier molecular flexibility index (Phi) is 5.87. The first-order chi connectivity index (χ1) is 13.4. The predicted octanol–water partition coefficient (Wildman–Crippen LogP) is 2.82. The maximum absolute atomic E-state index is 13.9. The topological polar surface area (TPSA) is 58.6 Å². The van der Waals surface area contributed by atoms with Crippen LogP contribution in [0.25, 0.3) is 0 Å². The highest BCUT2D eigenvalue weighted by Crippen LogP contribution is 2.29. The molecule has 8 heteroatoms. The van der Waals surface area contributed by atoms with Gasteiger partial charge in [-0.05, 0) is 36.2 Å². The number of hydrogen-bond donors (Lipinski definition) is 1. The van der Waals surface area contributed by atoms with Gasteiger partial charge in [0.25, 0.3) is 0 Å². The number of carbonyl (C=O) groups is 2. The van der Waals surface area contributed by atoms with Crippen LogP contribution in [0.5, 0.6) is 5.75 Å². The lowest BCUT2D eigenvalue weighted by Gasteiger charge is -2.18. The van der Waals surface area contributed by atoms with E-state index in [9.17, 15) is 22.8 Å². The first-order valence-corrected chi connectivity index (χ1v) is 8.75. The van der Waals surface area contributed by atoms with Crippen LogP contribution in [0.2, 0.25) is 0 Å². The summed E-state index contributed by atoms with van der Waals surface area (Å²) in [6, 6.07) is 9.18. The molecule has 28 heavy (non-hydrogen) atoms. The van der Waals surface area contributed by atoms with Gasteiger partial charge in [0, 0.05) is 19.5 Å². The lowest BCUT2D eigenvalue weighted by molar-refractivity contribution is -0.126. The summed E-state index contributed by atoms with van der Waals surface area (Å²) in [6.07, 6.45) is 0.453. The summed E-state index contributed by atoms with van der Waals surface area (Å²) in [5.41, 5.74) is 0.614. The van der Waals surface area contributed by atoms with Crippen molar-refractivity contribution in [1.82, 2.24) is 5.32 Å². The number of methoxy groups -OCH3 is 1. The van der Waals surface area contributed by atoms with Gasteiger partial charge in [-0.25, -0.2) is 13.2 Å². The van der Waals surface area contributed by atoms with Gasteiger partial charge >= 0.3 is 0 Å². The van der Waals surface area contributed by atoms with Crippen LogP contribution >= 0.6 is 0 Å². The Labute approximate surface area is 160 Å². The molecule has 148 valence electrons. The standard InChI is InChI=1S/C20H19F3N2O3/c1-28-14-4-2-3-12(9-14)7-8-24-20(27)13-10-17(26)25(11-13)16-6-5-15(21)18(22)19(16)23/h2-6,9,13H,7-8,10-11H2,1H3,(H,24,27). The molecule has 0 spiro atoms. The largest absolute Gasteiger partial charge is 0.497 e. The fraction of sp³-hybridized carbons (Fsp3) is 0.300. The molecule has 1 unspecified atom stereocenters. The molecule has 0 bridgehead atoms. The van der Waals surface area contributed by atoms with Crippen molar-refractivity contribution in [2.24, 2.45) is 5.92 Å². The summed E-state index contributed by atoms with van der Waals surface area (Å²) in [5, 5.41) is 2.75. The monoisotopic (exact) mass is 392 g/mol. The first kappa shape index (κ1) is 19.7. The molecular weight excluding hydrogens is 373 g/mol. The van der Waals surface area contributed by atoms with Gasteiger partial charge in [-0.1, -0.05) is 12.1 Å². The third-order valence-corrected chi connectivity index (χ3v) is 4.65. The Morgan fingerprint density at radius 3 is 2.75 bits per heavy atom. The van der Waals surface area contributed by atoms with Gasteiger partial charge in [-0.15, -0.1) is 0 Å². The van der Waals surface area contributed by atoms with Crippen LogP contribution in [-0.4, -0.2) is 32.0 Å². The lowest BCUT2D eigenvalue weighted by atomic mass is 10.1. The Bertz CT molecular complexity index is 904. The minimum Gasteiger partial charge on any atom is -0.497 e. The van der Waals surface area contributed by atoms with E-state index in [2.05, 4.69) is 5.32 Å². The second-order valence-electron chi connectivity index (χ2n) is 6.49. The molecule has 0 saturated carbocycles. The average molecular weight is 392 g/mol. The molecule has 1 fully saturated rings. The Hall–Kier alpha value is -3.03. The van der Waals surface area contributed by atoms with Crippen LogP contribution in [0.15, 0.2) is 36.4 Å². The van der Waals surface area contributed by atoms with Gasteiger partial charge in [0.05, 0.1) is 18.7 Å². The zero-order chi connectivity index (χ0) is 20.3. The van der Waals surface area contributed by atoms with Crippen LogP contribution < -0.4 is 15.0 Å². The van der Waals surface area contributed by atoms with E-state index in [1.165, 1.54) is 0 Å². The van der Waals surface area contributed by atoms with Crippen LogP contribution in [0, 0.1) is 23.4 Å². The van der Waals surface area contributed by atoms with Crippen molar-refractivity contribution in [3.8, 4) is 5.75 Å². The predicted molar refractivity (Wildman–Crippen MR) is 96.5 cm³/mol. The summed E-state index contributed by atoms with van der Waals surface area (Å²) >= 11 is 0. The number of nitrogens with zero attached hydrogens (tertiary/aromatic N) is 1. The van der Waals surface area contributed by atoms with Crippen molar-refractivity contribution in [2.75, 3.05) is 25.1 Å². The molecule has 1 N–H and O–H groups in total. The number of hydrogen-bond acceptors (Lipinski definition) is 3. The van der Waals surface area contributed by atoms with Crippen molar-refractivity contribution < 1.29 is 27.5 Å². The van der Waals surface area contributed by atoms with E-state index < -0.39 is 29.3 Å². The second kappa shape index (κ2) is 8.33. The molecule has 1 heterocycles. The van der Waals surface area contributed by atoms with E-state index >= 15 is 0 Å². The molecule has 0 aromatic heterocycles. The quantitative estimate of drug-likeness (QED) is 0.770. The molecule has 1 aliphatic heterocycles. The summed E-state index contributed by atoms with van der Waals surface area (Å²) in [6.45, 7) is 0.266. The number of benzene rings is 2. The maximum Gasteiger partial charge on any atom is 0.227 e. The highest BCUT2D eigenvalue weighted by molar-refractivity contribution is 6.00. The van der Waals surface area contributed by atoms with Crippen molar-refractivity contribution in [2.45, 2.75) is 12.8 Å². The number of ether oxygens (including phenoxy) is 1. The first-order valence-electron chi connectivity index (χ1n) is 8.75.